The van der Waals surface area contributed by atoms with E-state index in [0.717, 1.165) is 17.9 Å². The van der Waals surface area contributed by atoms with Crippen molar-refractivity contribution in [2.24, 2.45) is 0 Å². The van der Waals surface area contributed by atoms with Gasteiger partial charge in [-0.1, -0.05) is 6.07 Å². The lowest BCUT2D eigenvalue weighted by Crippen LogP contribution is -2.32. The minimum atomic E-state index is 0.241. The first-order chi connectivity index (χ1) is 8.67. The summed E-state index contributed by atoms with van der Waals surface area (Å²) in [6.07, 6.45) is 3.90. The molecule has 1 heterocycles. The zero-order valence-electron chi connectivity index (χ0n) is 11.3. The lowest BCUT2D eigenvalue weighted by molar-refractivity contribution is 0.158. The molecule has 2 unspecified atom stereocenters. The van der Waals surface area contributed by atoms with E-state index in [4.69, 9.17) is 9.47 Å². The zero-order valence-corrected chi connectivity index (χ0v) is 11.3. The van der Waals surface area contributed by atoms with Gasteiger partial charge >= 0.3 is 0 Å². The van der Waals surface area contributed by atoms with E-state index in [9.17, 15) is 0 Å². The second kappa shape index (κ2) is 4.47. The van der Waals surface area contributed by atoms with Gasteiger partial charge in [0.15, 0.2) is 11.5 Å². The van der Waals surface area contributed by atoms with Gasteiger partial charge in [0.05, 0.1) is 13.2 Å². The molecule has 0 bridgehead atoms. The summed E-state index contributed by atoms with van der Waals surface area (Å²) < 4.78 is 11.4. The maximum Gasteiger partial charge on any atom is 0.166 e. The van der Waals surface area contributed by atoms with Crippen molar-refractivity contribution < 1.29 is 9.47 Å². The van der Waals surface area contributed by atoms with E-state index >= 15 is 0 Å². The van der Waals surface area contributed by atoms with E-state index in [1.165, 1.54) is 24.0 Å². The monoisotopic (exact) mass is 247 g/mol. The highest BCUT2D eigenvalue weighted by atomic mass is 16.5. The number of methoxy groups -OCH3 is 1. The molecule has 0 spiro atoms. The Hall–Kier alpha value is -1.22. The van der Waals surface area contributed by atoms with Crippen molar-refractivity contribution >= 4 is 0 Å². The van der Waals surface area contributed by atoms with Gasteiger partial charge < -0.3 is 14.8 Å². The normalized spacial score (nSPS) is 26.4. The minimum Gasteiger partial charge on any atom is -0.493 e. The number of benzene rings is 1. The van der Waals surface area contributed by atoms with Crippen LogP contribution in [-0.2, 0) is 0 Å². The summed E-state index contributed by atoms with van der Waals surface area (Å²) in [7, 11) is 1.71. The second-order valence-electron chi connectivity index (χ2n) is 5.54. The number of hydrogen-bond donors (Lipinski definition) is 1. The van der Waals surface area contributed by atoms with Crippen molar-refractivity contribution in [3.8, 4) is 11.5 Å². The van der Waals surface area contributed by atoms with Gasteiger partial charge in [-0.15, -0.1) is 0 Å². The third kappa shape index (κ3) is 2.19. The van der Waals surface area contributed by atoms with Gasteiger partial charge in [-0.05, 0) is 38.3 Å². The highest BCUT2D eigenvalue weighted by Crippen LogP contribution is 2.43. The van der Waals surface area contributed by atoms with E-state index in [-0.39, 0.29) is 6.10 Å². The average Bonchev–Trinajstić information content (AvgIpc) is 3.13. The van der Waals surface area contributed by atoms with Crippen LogP contribution in [0, 0.1) is 6.92 Å². The summed E-state index contributed by atoms with van der Waals surface area (Å²) in [5, 5.41) is 3.72. The van der Waals surface area contributed by atoms with Gasteiger partial charge in [0.1, 0.15) is 0 Å². The molecule has 1 aromatic carbocycles. The highest BCUT2D eigenvalue weighted by Gasteiger charge is 2.32. The van der Waals surface area contributed by atoms with E-state index in [0.29, 0.717) is 12.1 Å². The Balaban J connectivity index is 1.99. The molecule has 1 fully saturated rings. The molecule has 1 aliphatic heterocycles. The van der Waals surface area contributed by atoms with Crippen molar-refractivity contribution in [1.82, 2.24) is 5.32 Å². The fourth-order valence-corrected chi connectivity index (χ4v) is 2.70. The number of fused-ring (bicyclic) bond motifs is 1. The van der Waals surface area contributed by atoms with Gasteiger partial charge in [-0.3, -0.25) is 0 Å². The van der Waals surface area contributed by atoms with Crippen LogP contribution in [0.1, 0.15) is 43.4 Å². The van der Waals surface area contributed by atoms with Crippen molar-refractivity contribution in [3.05, 3.63) is 23.3 Å². The number of hydrogen-bond acceptors (Lipinski definition) is 3. The first-order valence-electron chi connectivity index (χ1n) is 6.78. The Bertz CT molecular complexity index is 454. The van der Waals surface area contributed by atoms with Gasteiger partial charge in [-0.2, -0.15) is 0 Å². The molecule has 0 amide bonds. The number of nitrogens with one attached hydrogen (secondary N) is 1. The van der Waals surface area contributed by atoms with E-state index in [1.807, 2.05) is 6.07 Å². The maximum absolute atomic E-state index is 5.98. The van der Waals surface area contributed by atoms with Crippen LogP contribution in [0.15, 0.2) is 12.1 Å². The SMILES string of the molecule is COc1cc(C)cc2c1OC(C)CC2NC1CC1. The molecular weight excluding hydrogens is 226 g/mol. The summed E-state index contributed by atoms with van der Waals surface area (Å²) in [6, 6.07) is 5.39. The Labute approximate surface area is 108 Å². The van der Waals surface area contributed by atoms with Crippen LogP contribution in [0.2, 0.25) is 0 Å². The molecular formula is C15H21NO2. The fraction of sp³-hybridized carbons (Fsp3) is 0.600. The van der Waals surface area contributed by atoms with Crippen LogP contribution in [0.4, 0.5) is 0 Å². The third-order valence-electron chi connectivity index (χ3n) is 3.72. The van der Waals surface area contributed by atoms with Crippen LogP contribution >= 0.6 is 0 Å². The fourth-order valence-electron chi connectivity index (χ4n) is 2.70. The van der Waals surface area contributed by atoms with Crippen LogP contribution in [0.3, 0.4) is 0 Å². The van der Waals surface area contributed by atoms with Crippen molar-refractivity contribution in [1.29, 1.82) is 0 Å². The van der Waals surface area contributed by atoms with E-state index < -0.39 is 0 Å². The van der Waals surface area contributed by atoms with Crippen LogP contribution < -0.4 is 14.8 Å². The Morgan fingerprint density at radius 2 is 2.11 bits per heavy atom. The minimum absolute atomic E-state index is 0.241. The second-order valence-corrected chi connectivity index (χ2v) is 5.54. The largest absolute Gasteiger partial charge is 0.493 e. The smallest absolute Gasteiger partial charge is 0.166 e. The van der Waals surface area contributed by atoms with E-state index in [1.54, 1.807) is 7.11 Å². The Kier molecular flexibility index (Phi) is 2.94. The summed E-state index contributed by atoms with van der Waals surface area (Å²) >= 11 is 0. The first-order valence-corrected chi connectivity index (χ1v) is 6.78. The molecule has 3 nitrogen and oxygen atoms in total. The molecule has 98 valence electrons. The molecule has 3 rings (SSSR count). The molecule has 1 aliphatic carbocycles. The topological polar surface area (TPSA) is 30.5 Å². The van der Waals surface area contributed by atoms with Gasteiger partial charge in [-0.25, -0.2) is 0 Å². The van der Waals surface area contributed by atoms with Crippen molar-refractivity contribution in [2.45, 2.75) is 51.3 Å². The molecule has 2 aliphatic rings. The molecule has 2 atom stereocenters. The third-order valence-corrected chi connectivity index (χ3v) is 3.72. The molecule has 0 saturated heterocycles. The van der Waals surface area contributed by atoms with Crippen molar-refractivity contribution in [2.75, 3.05) is 7.11 Å². The van der Waals surface area contributed by atoms with Crippen LogP contribution in [-0.4, -0.2) is 19.3 Å². The standard InChI is InChI=1S/C15H21NO2/c1-9-6-12-13(16-11-4-5-11)8-10(2)18-15(12)14(7-9)17-3/h6-7,10-11,13,16H,4-5,8H2,1-3H3. The number of ether oxygens (including phenoxy) is 2. The molecule has 0 radical (unpaired) electrons. The lowest BCUT2D eigenvalue weighted by Gasteiger charge is -2.32. The van der Waals surface area contributed by atoms with Gasteiger partial charge in [0.2, 0.25) is 0 Å². The molecule has 1 N–H and O–H groups in total. The van der Waals surface area contributed by atoms with Crippen LogP contribution in [0.25, 0.3) is 0 Å². The van der Waals surface area contributed by atoms with Crippen LogP contribution in [0.5, 0.6) is 11.5 Å². The molecule has 0 aromatic heterocycles. The summed E-state index contributed by atoms with van der Waals surface area (Å²) in [6.45, 7) is 4.23. The van der Waals surface area contributed by atoms with Gasteiger partial charge in [0.25, 0.3) is 0 Å². The zero-order chi connectivity index (χ0) is 12.7. The Morgan fingerprint density at radius 3 is 2.78 bits per heavy atom. The molecule has 1 saturated carbocycles. The van der Waals surface area contributed by atoms with E-state index in [2.05, 4.69) is 25.2 Å². The predicted octanol–water partition coefficient (Wildman–Crippen LogP) is 2.97. The maximum atomic E-state index is 5.98. The average molecular weight is 247 g/mol. The number of rotatable bonds is 3. The molecule has 3 heteroatoms. The molecule has 18 heavy (non-hydrogen) atoms. The van der Waals surface area contributed by atoms with Crippen molar-refractivity contribution in [3.63, 3.8) is 0 Å². The summed E-state index contributed by atoms with van der Waals surface area (Å²) in [5.41, 5.74) is 2.49. The highest BCUT2D eigenvalue weighted by molar-refractivity contribution is 5.52. The summed E-state index contributed by atoms with van der Waals surface area (Å²) in [5.74, 6) is 1.79. The summed E-state index contributed by atoms with van der Waals surface area (Å²) in [4.78, 5) is 0. The van der Waals surface area contributed by atoms with Gasteiger partial charge in [0, 0.05) is 24.1 Å². The quantitative estimate of drug-likeness (QED) is 0.890. The lowest BCUT2D eigenvalue weighted by atomic mass is 9.95. The number of aryl methyl sites for hydroxylation is 1. The first kappa shape index (κ1) is 11.8. The predicted molar refractivity (Wildman–Crippen MR) is 71.3 cm³/mol. The molecule has 1 aromatic rings. The Morgan fingerprint density at radius 1 is 1.33 bits per heavy atom.